The Morgan fingerprint density at radius 3 is 2.12 bits per heavy atom. The van der Waals surface area contributed by atoms with E-state index < -0.39 is 45.6 Å². The maximum Gasteiger partial charge on any atom is 0.410 e. The van der Waals surface area contributed by atoms with Gasteiger partial charge in [0.25, 0.3) is 5.91 Å². The van der Waals surface area contributed by atoms with E-state index in [2.05, 4.69) is 10.3 Å². The molecule has 0 aliphatic carbocycles. The van der Waals surface area contributed by atoms with E-state index in [1.165, 1.54) is 15.9 Å². The van der Waals surface area contributed by atoms with Crippen LogP contribution in [0, 0.1) is 17.0 Å². The van der Waals surface area contributed by atoms with Crippen molar-refractivity contribution in [2.45, 2.75) is 32.3 Å². The fourth-order valence-electron chi connectivity index (χ4n) is 4.13. The average Bonchev–Trinajstić information content (AvgIpc) is 3.43. The zero-order chi connectivity index (χ0) is 29.5. The summed E-state index contributed by atoms with van der Waals surface area (Å²) in [6.07, 6.45) is -0.671. The molecule has 1 atom stereocenters. The lowest BCUT2D eigenvalue weighted by Crippen LogP contribution is -2.37. The number of nitrogens with two attached hydrogens (primary N) is 1. The first kappa shape index (κ1) is 29.8. The van der Waals surface area contributed by atoms with Crippen molar-refractivity contribution in [1.29, 1.82) is 0 Å². The summed E-state index contributed by atoms with van der Waals surface area (Å²) in [4.78, 5) is 44.6. The van der Waals surface area contributed by atoms with Gasteiger partial charge >= 0.3 is 6.09 Å². The Morgan fingerprint density at radius 1 is 1.05 bits per heavy atom. The molecule has 3 N–H and O–H groups in total. The third-order valence-corrected chi connectivity index (χ3v) is 7.68. The number of nitrogens with one attached hydrogen (secondary N) is 1. The summed E-state index contributed by atoms with van der Waals surface area (Å²) in [6, 6.07) is 2.96. The van der Waals surface area contributed by atoms with Crippen molar-refractivity contribution in [3.63, 3.8) is 0 Å². The first-order valence-electron chi connectivity index (χ1n) is 11.9. The van der Waals surface area contributed by atoms with Gasteiger partial charge in [0.2, 0.25) is 5.91 Å². The van der Waals surface area contributed by atoms with Gasteiger partial charge in [0, 0.05) is 31.6 Å². The number of carbonyl (C=O) groups is 3. The number of hydrogen-bond donors (Lipinski definition) is 2. The van der Waals surface area contributed by atoms with E-state index in [9.17, 15) is 27.4 Å². The maximum atomic E-state index is 14.5. The Balaban J connectivity index is 1.37. The molecule has 1 aromatic carbocycles. The molecule has 1 unspecified atom stereocenters. The number of aromatic nitrogens is 1. The highest BCUT2D eigenvalue weighted by atomic mass is 35.5. The van der Waals surface area contributed by atoms with Crippen molar-refractivity contribution in [3.8, 4) is 0 Å². The summed E-state index contributed by atoms with van der Waals surface area (Å²) >= 11 is 12.1. The number of halogens is 4. The number of pyridine rings is 1. The highest BCUT2D eigenvalue weighted by Crippen LogP contribution is 2.31. The Labute approximate surface area is 241 Å². The molecule has 2 aromatic rings. The minimum absolute atomic E-state index is 0.0214. The Bertz CT molecular complexity index is 1440. The van der Waals surface area contributed by atoms with E-state index >= 15 is 0 Å². The summed E-state index contributed by atoms with van der Waals surface area (Å²) < 4.78 is 45.7. The number of carbonyl (C=O) groups excluding carboxylic acids is 3. The number of rotatable bonds is 5. The van der Waals surface area contributed by atoms with E-state index in [1.807, 2.05) is 0 Å². The van der Waals surface area contributed by atoms with E-state index in [4.69, 9.17) is 33.1 Å². The van der Waals surface area contributed by atoms with E-state index in [-0.39, 0.29) is 65.1 Å². The number of ether oxygens (including phenoxy) is 1. The van der Waals surface area contributed by atoms with Gasteiger partial charge in [-0.1, -0.05) is 44.0 Å². The molecular weight excluding hydrogens is 591 g/mol. The molecule has 3 amide bonds. The largest absolute Gasteiger partial charge is 0.443 e. The summed E-state index contributed by atoms with van der Waals surface area (Å²) in [5.74, 6) is -3.50. The van der Waals surface area contributed by atoms with Crippen LogP contribution in [0.5, 0.6) is 0 Å². The number of benzene rings is 1. The second-order valence-electron chi connectivity index (χ2n) is 10.3. The SMILES string of the molecule is CC(C)(C)C(=O)Nc1cc(Cl)c(Cl)nc1COC(=O)N1CC2=C(C1)CN(C(=O)c1c(F)cc(S(N)=O)cc1F)C2. The van der Waals surface area contributed by atoms with Gasteiger partial charge in [-0.25, -0.2) is 27.9 Å². The van der Waals surface area contributed by atoms with Crippen LogP contribution in [0.1, 0.15) is 36.8 Å². The summed E-state index contributed by atoms with van der Waals surface area (Å²) in [5, 5.41) is 7.99. The van der Waals surface area contributed by atoms with Gasteiger partial charge in [0.05, 0.1) is 15.6 Å². The zero-order valence-electron chi connectivity index (χ0n) is 21.6. The van der Waals surface area contributed by atoms with Crippen molar-refractivity contribution in [2.75, 3.05) is 31.5 Å². The van der Waals surface area contributed by atoms with Crippen molar-refractivity contribution in [1.82, 2.24) is 14.8 Å². The van der Waals surface area contributed by atoms with Crippen molar-refractivity contribution >= 4 is 57.8 Å². The molecule has 0 radical (unpaired) electrons. The Hall–Kier alpha value is -3.13. The predicted octanol–water partition coefficient (Wildman–Crippen LogP) is 4.04. The lowest BCUT2D eigenvalue weighted by molar-refractivity contribution is -0.123. The van der Waals surface area contributed by atoms with Crippen LogP contribution in [-0.2, 0) is 27.1 Å². The number of nitrogens with zero attached hydrogens (tertiary/aromatic N) is 3. The molecule has 214 valence electrons. The first-order valence-corrected chi connectivity index (χ1v) is 13.8. The van der Waals surface area contributed by atoms with Crippen molar-refractivity contribution < 1.29 is 32.1 Å². The molecule has 0 fully saturated rings. The van der Waals surface area contributed by atoms with Gasteiger partial charge in [-0.3, -0.25) is 9.59 Å². The minimum Gasteiger partial charge on any atom is -0.443 e. The van der Waals surface area contributed by atoms with Crippen LogP contribution in [0.3, 0.4) is 0 Å². The van der Waals surface area contributed by atoms with Gasteiger partial charge in [-0.2, -0.15) is 0 Å². The van der Waals surface area contributed by atoms with Gasteiger partial charge in [-0.05, 0) is 29.3 Å². The second kappa shape index (κ2) is 11.4. The smallest absolute Gasteiger partial charge is 0.410 e. The molecule has 10 nitrogen and oxygen atoms in total. The molecule has 0 saturated heterocycles. The molecule has 0 spiro atoms. The lowest BCUT2D eigenvalue weighted by atomic mass is 9.95. The van der Waals surface area contributed by atoms with Crippen LogP contribution >= 0.6 is 23.2 Å². The Kier molecular flexibility index (Phi) is 8.50. The molecule has 1 aromatic heterocycles. The van der Waals surface area contributed by atoms with Crippen LogP contribution in [0.25, 0.3) is 0 Å². The topological polar surface area (TPSA) is 135 Å². The maximum absolute atomic E-state index is 14.5. The van der Waals surface area contributed by atoms with E-state index in [1.54, 1.807) is 20.8 Å². The molecule has 40 heavy (non-hydrogen) atoms. The molecular formula is C25H25Cl2F2N5O5S. The van der Waals surface area contributed by atoms with Crippen LogP contribution in [0.2, 0.25) is 10.2 Å². The summed E-state index contributed by atoms with van der Waals surface area (Å²) in [5.41, 5.74) is 0.472. The quantitative estimate of drug-likeness (QED) is 0.385. The first-order chi connectivity index (χ1) is 18.6. The van der Waals surface area contributed by atoms with Gasteiger partial charge in [0.15, 0.2) is 0 Å². The third-order valence-electron chi connectivity index (χ3n) is 6.31. The van der Waals surface area contributed by atoms with Gasteiger partial charge in [0.1, 0.15) is 45.6 Å². The monoisotopic (exact) mass is 615 g/mol. The minimum atomic E-state index is -2.11. The highest BCUT2D eigenvalue weighted by molar-refractivity contribution is 7.82. The third kappa shape index (κ3) is 6.27. The summed E-state index contributed by atoms with van der Waals surface area (Å²) in [7, 11) is -2.11. The van der Waals surface area contributed by atoms with Gasteiger partial charge in [-0.15, -0.1) is 0 Å². The van der Waals surface area contributed by atoms with Crippen LogP contribution in [0.4, 0.5) is 19.3 Å². The molecule has 2 aliphatic rings. The highest BCUT2D eigenvalue weighted by Gasteiger charge is 2.36. The molecule has 4 rings (SSSR count). The van der Waals surface area contributed by atoms with E-state index in [0.29, 0.717) is 0 Å². The molecule has 0 bridgehead atoms. The van der Waals surface area contributed by atoms with E-state index in [0.717, 1.165) is 23.3 Å². The fraction of sp³-hybridized carbons (Fsp3) is 0.360. The number of anilines is 1. The van der Waals surface area contributed by atoms with Crippen LogP contribution < -0.4 is 10.5 Å². The van der Waals surface area contributed by atoms with Crippen molar-refractivity contribution in [3.05, 3.63) is 62.4 Å². The lowest BCUT2D eigenvalue weighted by Gasteiger charge is -2.23. The van der Waals surface area contributed by atoms with Crippen LogP contribution in [-0.4, -0.2) is 63.1 Å². The summed E-state index contributed by atoms with van der Waals surface area (Å²) in [6.45, 7) is 5.33. The number of hydrogen-bond acceptors (Lipinski definition) is 6. The standard InChI is InChI=1S/C25H25Cl2F2N5O5S/c1-25(2,3)23(36)32-18-6-15(26)21(27)31-19(18)11-39-24(37)34-9-12-7-33(8-13(12)10-34)22(35)20-16(28)4-14(40(30)38)5-17(20)29/h4-6H,7-11,30H2,1-3H3,(H,32,36). The molecule has 0 saturated carbocycles. The average molecular weight is 616 g/mol. The molecule has 2 aliphatic heterocycles. The van der Waals surface area contributed by atoms with Crippen molar-refractivity contribution in [2.24, 2.45) is 10.6 Å². The number of amides is 3. The van der Waals surface area contributed by atoms with Gasteiger partial charge < -0.3 is 19.9 Å². The van der Waals surface area contributed by atoms with Crippen LogP contribution in [0.15, 0.2) is 34.2 Å². The molecule has 15 heteroatoms. The second-order valence-corrected chi connectivity index (χ2v) is 12.1. The predicted molar refractivity (Wildman–Crippen MR) is 144 cm³/mol. The normalized spacial score (nSPS) is 15.8. The zero-order valence-corrected chi connectivity index (χ0v) is 24.0. The fourth-order valence-corrected chi connectivity index (χ4v) is 4.88. The molecule has 3 heterocycles. The Morgan fingerprint density at radius 2 is 1.60 bits per heavy atom.